The number of aliphatic carboxylic acids is 1. The van der Waals surface area contributed by atoms with Gasteiger partial charge in [-0.15, -0.1) is 10.2 Å². The number of nitrogens with zero attached hydrogens (tertiary/aromatic N) is 4. The van der Waals surface area contributed by atoms with Crippen molar-refractivity contribution in [2.24, 2.45) is 0 Å². The fraction of sp³-hybridized carbons (Fsp3) is 0.300. The summed E-state index contributed by atoms with van der Waals surface area (Å²) in [6, 6.07) is 9.86. The van der Waals surface area contributed by atoms with E-state index in [0.717, 1.165) is 11.4 Å². The topological polar surface area (TPSA) is 111 Å². The van der Waals surface area contributed by atoms with Crippen molar-refractivity contribution in [2.45, 2.75) is 32.6 Å². The van der Waals surface area contributed by atoms with Gasteiger partial charge in [-0.25, -0.2) is 4.79 Å². The number of benzene rings is 1. The molecular weight excluding hydrogens is 376 g/mol. The van der Waals surface area contributed by atoms with Crippen LogP contribution in [-0.2, 0) is 29.2 Å². The van der Waals surface area contributed by atoms with Gasteiger partial charge in [-0.2, -0.15) is 0 Å². The SMILES string of the molecule is COC(=O)c1ccc(-c2ccc(CN3Cc4nnc(C)n4CC3C(=O)O)o2)cc1. The van der Waals surface area contributed by atoms with Gasteiger partial charge in [0.2, 0.25) is 0 Å². The number of carbonyl (C=O) groups is 2. The van der Waals surface area contributed by atoms with E-state index < -0.39 is 18.0 Å². The van der Waals surface area contributed by atoms with Gasteiger partial charge in [0.25, 0.3) is 0 Å². The molecule has 29 heavy (non-hydrogen) atoms. The van der Waals surface area contributed by atoms with Crippen molar-refractivity contribution in [2.75, 3.05) is 7.11 Å². The smallest absolute Gasteiger partial charge is 0.337 e. The second-order valence-electron chi connectivity index (χ2n) is 6.87. The fourth-order valence-electron chi connectivity index (χ4n) is 3.47. The lowest BCUT2D eigenvalue weighted by molar-refractivity contribution is -0.145. The number of aryl methyl sites for hydroxylation is 1. The van der Waals surface area contributed by atoms with E-state index in [1.165, 1.54) is 7.11 Å². The molecule has 0 fully saturated rings. The number of carbonyl (C=O) groups excluding carboxylic acids is 1. The highest BCUT2D eigenvalue weighted by Crippen LogP contribution is 2.26. The molecule has 0 spiro atoms. The number of hydrogen-bond donors (Lipinski definition) is 1. The van der Waals surface area contributed by atoms with Crippen LogP contribution in [0.15, 0.2) is 40.8 Å². The van der Waals surface area contributed by atoms with Crippen LogP contribution in [0, 0.1) is 6.92 Å². The van der Waals surface area contributed by atoms with Crippen LogP contribution in [0.25, 0.3) is 11.3 Å². The molecule has 9 heteroatoms. The molecule has 1 unspecified atom stereocenters. The molecule has 1 aliphatic rings. The van der Waals surface area contributed by atoms with E-state index in [-0.39, 0.29) is 0 Å². The number of methoxy groups -OCH3 is 1. The average molecular weight is 396 g/mol. The molecule has 1 aromatic carbocycles. The Morgan fingerprint density at radius 1 is 1.21 bits per heavy atom. The highest BCUT2D eigenvalue weighted by molar-refractivity contribution is 5.89. The van der Waals surface area contributed by atoms with E-state index >= 15 is 0 Å². The lowest BCUT2D eigenvalue weighted by Gasteiger charge is -2.32. The van der Waals surface area contributed by atoms with Gasteiger partial charge in [-0.3, -0.25) is 9.69 Å². The van der Waals surface area contributed by atoms with Crippen molar-refractivity contribution in [3.63, 3.8) is 0 Å². The minimum Gasteiger partial charge on any atom is -0.480 e. The van der Waals surface area contributed by atoms with Crippen LogP contribution < -0.4 is 0 Å². The van der Waals surface area contributed by atoms with E-state index in [2.05, 4.69) is 10.2 Å². The molecule has 0 saturated heterocycles. The molecule has 0 saturated carbocycles. The largest absolute Gasteiger partial charge is 0.480 e. The van der Waals surface area contributed by atoms with Gasteiger partial charge in [0, 0.05) is 5.56 Å². The first-order chi connectivity index (χ1) is 14.0. The molecule has 1 N–H and O–H groups in total. The van der Waals surface area contributed by atoms with Crippen molar-refractivity contribution >= 4 is 11.9 Å². The third kappa shape index (κ3) is 3.64. The number of hydrogen-bond acceptors (Lipinski definition) is 7. The summed E-state index contributed by atoms with van der Waals surface area (Å²) < 4.78 is 12.5. The Morgan fingerprint density at radius 2 is 1.97 bits per heavy atom. The third-order valence-corrected chi connectivity index (χ3v) is 5.05. The van der Waals surface area contributed by atoms with Crippen LogP contribution in [0.5, 0.6) is 0 Å². The maximum absolute atomic E-state index is 11.8. The molecular formula is C20H20N4O5. The lowest BCUT2D eigenvalue weighted by atomic mass is 10.1. The summed E-state index contributed by atoms with van der Waals surface area (Å²) in [6.45, 7) is 2.83. The van der Waals surface area contributed by atoms with Crippen LogP contribution in [0.4, 0.5) is 0 Å². The number of aromatic nitrogens is 3. The van der Waals surface area contributed by atoms with Crippen molar-refractivity contribution < 1.29 is 23.8 Å². The first kappa shape index (κ1) is 18.9. The van der Waals surface area contributed by atoms with E-state index in [0.29, 0.717) is 42.5 Å². The Labute approximate surface area is 166 Å². The van der Waals surface area contributed by atoms with Gasteiger partial charge >= 0.3 is 11.9 Å². The van der Waals surface area contributed by atoms with E-state index in [1.807, 2.05) is 28.5 Å². The number of carboxylic acid groups (broad SMARTS) is 1. The quantitative estimate of drug-likeness (QED) is 0.653. The molecule has 3 aromatic rings. The summed E-state index contributed by atoms with van der Waals surface area (Å²) in [5.74, 6) is 1.44. The van der Waals surface area contributed by atoms with Crippen LogP contribution >= 0.6 is 0 Å². The summed E-state index contributed by atoms with van der Waals surface area (Å²) in [5.41, 5.74) is 1.27. The molecule has 0 aliphatic carbocycles. The van der Waals surface area contributed by atoms with Crippen LogP contribution in [0.2, 0.25) is 0 Å². The summed E-state index contributed by atoms with van der Waals surface area (Å²) >= 11 is 0. The average Bonchev–Trinajstić information content (AvgIpc) is 3.33. The van der Waals surface area contributed by atoms with Gasteiger partial charge in [0.05, 0.1) is 32.3 Å². The van der Waals surface area contributed by atoms with Crippen LogP contribution in [-0.4, -0.2) is 49.9 Å². The molecule has 9 nitrogen and oxygen atoms in total. The Kier molecular flexibility index (Phi) is 4.89. The van der Waals surface area contributed by atoms with E-state index in [9.17, 15) is 14.7 Å². The number of rotatable bonds is 5. The number of ether oxygens (including phenoxy) is 1. The van der Waals surface area contributed by atoms with E-state index in [1.54, 1.807) is 24.3 Å². The lowest BCUT2D eigenvalue weighted by Crippen LogP contribution is -2.47. The zero-order valence-electron chi connectivity index (χ0n) is 16.0. The zero-order chi connectivity index (χ0) is 20.5. The third-order valence-electron chi connectivity index (χ3n) is 5.05. The highest BCUT2D eigenvalue weighted by Gasteiger charge is 2.33. The van der Waals surface area contributed by atoms with Crippen LogP contribution in [0.3, 0.4) is 0 Å². The van der Waals surface area contributed by atoms with Gasteiger partial charge in [0.15, 0.2) is 0 Å². The zero-order valence-corrected chi connectivity index (χ0v) is 16.0. The van der Waals surface area contributed by atoms with Crippen LogP contribution in [0.1, 0.15) is 27.8 Å². The number of furan rings is 1. The monoisotopic (exact) mass is 396 g/mol. The fourth-order valence-corrected chi connectivity index (χ4v) is 3.47. The second kappa shape index (κ2) is 7.51. The standard InChI is InChI=1S/C20H20N4O5/c1-12-21-22-18-11-23(16(19(25)26)10-24(12)18)9-15-7-8-17(29-15)13-3-5-14(6-4-13)20(27)28-2/h3-8,16H,9-11H2,1-2H3,(H,25,26). The Morgan fingerprint density at radius 3 is 2.66 bits per heavy atom. The molecule has 4 rings (SSSR count). The summed E-state index contributed by atoms with van der Waals surface area (Å²) in [6.07, 6.45) is 0. The predicted molar refractivity (Wildman–Crippen MR) is 101 cm³/mol. The van der Waals surface area contributed by atoms with Crippen molar-refractivity contribution in [3.05, 3.63) is 59.4 Å². The molecule has 0 amide bonds. The van der Waals surface area contributed by atoms with Crippen molar-refractivity contribution in [1.29, 1.82) is 0 Å². The van der Waals surface area contributed by atoms with Crippen molar-refractivity contribution in [1.82, 2.24) is 19.7 Å². The maximum atomic E-state index is 11.8. The number of carboxylic acids is 1. The minimum absolute atomic E-state index is 0.298. The normalized spacial score (nSPS) is 16.4. The minimum atomic E-state index is -0.895. The highest BCUT2D eigenvalue weighted by atomic mass is 16.5. The molecule has 150 valence electrons. The summed E-state index contributed by atoms with van der Waals surface area (Å²) in [5, 5.41) is 17.8. The van der Waals surface area contributed by atoms with Gasteiger partial charge < -0.3 is 18.8 Å². The van der Waals surface area contributed by atoms with E-state index in [4.69, 9.17) is 9.15 Å². The predicted octanol–water partition coefficient (Wildman–Crippen LogP) is 2.10. The number of fused-ring (bicyclic) bond motifs is 1. The summed E-state index contributed by atoms with van der Waals surface area (Å²) in [4.78, 5) is 25.1. The molecule has 0 radical (unpaired) electrons. The van der Waals surface area contributed by atoms with Gasteiger partial charge in [0.1, 0.15) is 29.2 Å². The molecule has 3 heterocycles. The first-order valence-electron chi connectivity index (χ1n) is 9.09. The Balaban J connectivity index is 1.52. The first-order valence-corrected chi connectivity index (χ1v) is 9.09. The second-order valence-corrected chi connectivity index (χ2v) is 6.87. The molecule has 2 aromatic heterocycles. The Hall–Kier alpha value is -3.46. The number of esters is 1. The van der Waals surface area contributed by atoms with Crippen molar-refractivity contribution in [3.8, 4) is 11.3 Å². The summed E-state index contributed by atoms with van der Waals surface area (Å²) in [7, 11) is 1.34. The maximum Gasteiger partial charge on any atom is 0.337 e. The Bertz CT molecular complexity index is 1050. The molecule has 1 aliphatic heterocycles. The van der Waals surface area contributed by atoms with Gasteiger partial charge in [-0.1, -0.05) is 12.1 Å². The van der Waals surface area contributed by atoms with Gasteiger partial charge in [-0.05, 0) is 31.2 Å². The molecule has 1 atom stereocenters. The molecule has 0 bridgehead atoms.